The van der Waals surface area contributed by atoms with Crippen LogP contribution in [0.15, 0.2) is 30.6 Å². The van der Waals surface area contributed by atoms with Gasteiger partial charge in [-0.05, 0) is 31.2 Å². The molecule has 1 amide bonds. The summed E-state index contributed by atoms with van der Waals surface area (Å²) in [7, 11) is 0. The number of amides is 1. The first-order chi connectivity index (χ1) is 11.6. The van der Waals surface area contributed by atoms with Gasteiger partial charge >= 0.3 is 6.18 Å². The number of aliphatic hydroxyl groups is 1. The molecule has 9 heteroatoms. The number of halogens is 4. The van der Waals surface area contributed by atoms with Crippen molar-refractivity contribution in [3.05, 3.63) is 47.8 Å². The third-order valence-electron chi connectivity index (χ3n) is 4.27. The smallest absolute Gasteiger partial charge is 0.373 e. The largest absolute Gasteiger partial charge is 0.426 e. The van der Waals surface area contributed by atoms with E-state index in [1.807, 2.05) is 0 Å². The quantitative estimate of drug-likeness (QED) is 0.839. The van der Waals surface area contributed by atoms with Crippen LogP contribution >= 0.6 is 0 Å². The minimum atomic E-state index is -5.06. The zero-order valence-electron chi connectivity index (χ0n) is 13.2. The molecule has 1 aliphatic heterocycles. The van der Waals surface area contributed by atoms with E-state index in [2.05, 4.69) is 4.98 Å². The predicted molar refractivity (Wildman–Crippen MR) is 79.3 cm³/mol. The van der Waals surface area contributed by atoms with Crippen LogP contribution < -0.4 is 0 Å². The number of rotatable bonds is 2. The first-order valence-corrected chi connectivity index (χ1v) is 7.51. The molecule has 0 fully saturated rings. The van der Waals surface area contributed by atoms with Crippen LogP contribution in [0.3, 0.4) is 0 Å². The van der Waals surface area contributed by atoms with Crippen LogP contribution in [0, 0.1) is 5.82 Å². The molecule has 3 rings (SSSR count). The maximum atomic E-state index is 13.0. The van der Waals surface area contributed by atoms with Gasteiger partial charge in [0.2, 0.25) is 5.60 Å². The fourth-order valence-corrected chi connectivity index (χ4v) is 2.73. The number of aromatic nitrogens is 2. The van der Waals surface area contributed by atoms with Gasteiger partial charge in [-0.1, -0.05) is 0 Å². The lowest BCUT2D eigenvalue weighted by molar-refractivity contribution is -0.250. The van der Waals surface area contributed by atoms with E-state index in [0.29, 0.717) is 18.3 Å². The Bertz CT molecular complexity index is 797. The second-order valence-corrected chi connectivity index (χ2v) is 6.03. The van der Waals surface area contributed by atoms with E-state index in [4.69, 9.17) is 0 Å². The molecule has 0 radical (unpaired) electrons. The average Bonchev–Trinajstić information content (AvgIpc) is 2.97. The van der Waals surface area contributed by atoms with E-state index >= 15 is 0 Å². The Kier molecular flexibility index (Phi) is 4.06. The van der Waals surface area contributed by atoms with Crippen molar-refractivity contribution in [2.24, 2.45) is 0 Å². The fourth-order valence-electron chi connectivity index (χ4n) is 2.73. The molecule has 1 N–H and O–H groups in total. The minimum Gasteiger partial charge on any atom is -0.373 e. The number of nitrogens with zero attached hydrogens (tertiary/aromatic N) is 3. The van der Waals surface area contributed by atoms with Crippen molar-refractivity contribution in [1.29, 1.82) is 0 Å². The molecule has 134 valence electrons. The van der Waals surface area contributed by atoms with Gasteiger partial charge in [-0.25, -0.2) is 9.37 Å². The number of carbonyl (C=O) groups is 1. The summed E-state index contributed by atoms with van der Waals surface area (Å²) in [5, 5.41) is 9.55. The molecule has 0 aliphatic carbocycles. The molecule has 25 heavy (non-hydrogen) atoms. The normalized spacial score (nSPS) is 17.1. The lowest BCUT2D eigenvalue weighted by Gasteiger charge is -2.34. The Balaban J connectivity index is 1.84. The Morgan fingerprint density at radius 2 is 1.88 bits per heavy atom. The van der Waals surface area contributed by atoms with Gasteiger partial charge in [-0.3, -0.25) is 4.79 Å². The summed E-state index contributed by atoms with van der Waals surface area (Å²) in [4.78, 5) is 17.2. The number of fused-ring (bicyclic) bond motifs is 1. The van der Waals surface area contributed by atoms with Gasteiger partial charge in [0.15, 0.2) is 0 Å². The van der Waals surface area contributed by atoms with Crippen LogP contribution in [-0.2, 0) is 17.8 Å². The fraction of sp³-hybridized carbons (Fsp3) is 0.375. The Hall–Kier alpha value is -2.42. The van der Waals surface area contributed by atoms with Crippen LogP contribution in [0.4, 0.5) is 17.6 Å². The molecular formula is C16H15F4N3O2. The second kappa shape index (κ2) is 5.83. The molecule has 1 atom stereocenters. The molecule has 0 saturated carbocycles. The maximum Gasteiger partial charge on any atom is 0.426 e. The second-order valence-electron chi connectivity index (χ2n) is 6.03. The van der Waals surface area contributed by atoms with Crippen LogP contribution in [0.25, 0.3) is 5.69 Å². The van der Waals surface area contributed by atoms with Crippen molar-refractivity contribution in [3.63, 3.8) is 0 Å². The highest BCUT2D eigenvalue weighted by Gasteiger charge is 2.57. The predicted octanol–water partition coefficient (Wildman–Crippen LogP) is 2.21. The van der Waals surface area contributed by atoms with Crippen molar-refractivity contribution in [2.45, 2.75) is 31.7 Å². The van der Waals surface area contributed by atoms with E-state index in [9.17, 15) is 27.5 Å². The molecule has 5 nitrogen and oxygen atoms in total. The number of imidazole rings is 1. The van der Waals surface area contributed by atoms with Gasteiger partial charge in [-0.2, -0.15) is 13.2 Å². The molecule has 0 bridgehead atoms. The van der Waals surface area contributed by atoms with Gasteiger partial charge in [0.1, 0.15) is 5.82 Å². The Morgan fingerprint density at radius 3 is 2.48 bits per heavy atom. The topological polar surface area (TPSA) is 58.4 Å². The SMILES string of the molecule is CC(O)(C(=O)N1CCc2c(ncn2-c2ccc(F)cc2)C1)C(F)(F)F. The molecule has 1 aromatic heterocycles. The Morgan fingerprint density at radius 1 is 1.24 bits per heavy atom. The van der Waals surface area contributed by atoms with Crippen molar-refractivity contribution in [1.82, 2.24) is 14.5 Å². The highest BCUT2D eigenvalue weighted by molar-refractivity contribution is 5.85. The number of alkyl halides is 3. The van der Waals surface area contributed by atoms with E-state index in [0.717, 1.165) is 10.6 Å². The molecule has 0 saturated heterocycles. The van der Waals surface area contributed by atoms with Gasteiger partial charge in [-0.15, -0.1) is 0 Å². The molecule has 1 aromatic carbocycles. The highest BCUT2D eigenvalue weighted by Crippen LogP contribution is 2.33. The molecule has 2 aromatic rings. The highest BCUT2D eigenvalue weighted by atomic mass is 19.4. The van der Waals surface area contributed by atoms with Crippen LogP contribution in [0.5, 0.6) is 0 Å². The van der Waals surface area contributed by atoms with Crippen LogP contribution in [-0.4, -0.2) is 43.8 Å². The van der Waals surface area contributed by atoms with E-state index in [1.165, 1.54) is 18.5 Å². The van der Waals surface area contributed by atoms with Crippen LogP contribution in [0.2, 0.25) is 0 Å². The van der Waals surface area contributed by atoms with Gasteiger partial charge in [0, 0.05) is 24.3 Å². The van der Waals surface area contributed by atoms with Crippen molar-refractivity contribution in [3.8, 4) is 5.69 Å². The Labute approximate surface area is 140 Å². The van der Waals surface area contributed by atoms with E-state index in [-0.39, 0.29) is 25.3 Å². The summed E-state index contributed by atoms with van der Waals surface area (Å²) in [6.07, 6.45) is -3.31. The van der Waals surface area contributed by atoms with Crippen molar-refractivity contribution < 1.29 is 27.5 Å². The molecule has 2 heterocycles. The van der Waals surface area contributed by atoms with E-state index < -0.39 is 17.7 Å². The summed E-state index contributed by atoms with van der Waals surface area (Å²) < 4.78 is 53.3. The zero-order valence-corrected chi connectivity index (χ0v) is 13.2. The first-order valence-electron chi connectivity index (χ1n) is 7.51. The minimum absolute atomic E-state index is 0.0188. The molecular weight excluding hydrogens is 342 g/mol. The molecule has 0 spiro atoms. The lowest BCUT2D eigenvalue weighted by atomic mass is 10.0. The van der Waals surface area contributed by atoms with Gasteiger partial charge < -0.3 is 14.6 Å². The lowest BCUT2D eigenvalue weighted by Crippen LogP contribution is -2.56. The monoisotopic (exact) mass is 357 g/mol. The average molecular weight is 357 g/mol. The summed E-state index contributed by atoms with van der Waals surface area (Å²) >= 11 is 0. The standard InChI is InChI=1S/C16H15F4N3O2/c1-15(25,16(18,19)20)14(24)22-7-6-13-12(8-22)21-9-23(13)11-4-2-10(17)3-5-11/h2-5,9,25H,6-8H2,1H3. The maximum absolute atomic E-state index is 13.0. The number of carbonyl (C=O) groups excluding carboxylic acids is 1. The zero-order chi connectivity index (χ0) is 18.4. The van der Waals surface area contributed by atoms with Gasteiger partial charge in [0.25, 0.3) is 5.91 Å². The summed E-state index contributed by atoms with van der Waals surface area (Å²) in [5.41, 5.74) is -1.59. The first kappa shape index (κ1) is 17.4. The van der Waals surface area contributed by atoms with Crippen LogP contribution in [0.1, 0.15) is 18.3 Å². The summed E-state index contributed by atoms with van der Waals surface area (Å²) in [6, 6.07) is 5.70. The molecule has 1 aliphatic rings. The third kappa shape index (κ3) is 2.99. The summed E-state index contributed by atoms with van der Waals surface area (Å²) in [5.74, 6) is -1.79. The summed E-state index contributed by atoms with van der Waals surface area (Å²) in [6.45, 7) is 0.335. The third-order valence-corrected chi connectivity index (χ3v) is 4.27. The van der Waals surface area contributed by atoms with E-state index in [1.54, 1.807) is 16.7 Å². The van der Waals surface area contributed by atoms with Crippen molar-refractivity contribution in [2.75, 3.05) is 6.54 Å². The van der Waals surface area contributed by atoms with Gasteiger partial charge in [0.05, 0.1) is 18.6 Å². The number of hydrogen-bond acceptors (Lipinski definition) is 3. The number of hydrogen-bond donors (Lipinski definition) is 1. The van der Waals surface area contributed by atoms with Crippen molar-refractivity contribution >= 4 is 5.91 Å². The molecule has 1 unspecified atom stereocenters. The number of benzene rings is 1.